The summed E-state index contributed by atoms with van der Waals surface area (Å²) in [7, 11) is 0. The zero-order valence-electron chi connectivity index (χ0n) is 4.61. The minimum atomic E-state index is 0.241. The van der Waals surface area contributed by atoms with Gasteiger partial charge in [-0.05, 0) is 0 Å². The molecular formula is C5H5N3O. The van der Waals surface area contributed by atoms with Crippen molar-refractivity contribution in [1.29, 1.82) is 0 Å². The van der Waals surface area contributed by atoms with Gasteiger partial charge in [-0.3, -0.25) is 4.79 Å². The Hall–Kier alpha value is -1.45. The number of carbonyl (C=O) groups is 1. The van der Waals surface area contributed by atoms with Crippen LogP contribution >= 0.6 is 0 Å². The molecule has 0 spiro atoms. The van der Waals surface area contributed by atoms with Crippen LogP contribution in [0.2, 0.25) is 0 Å². The van der Waals surface area contributed by atoms with Crippen molar-refractivity contribution in [3.8, 4) is 0 Å². The average Bonchev–Trinajstić information content (AvgIpc) is 1.89. The summed E-state index contributed by atoms with van der Waals surface area (Å²) in [5.74, 6) is 0. The molecule has 1 rings (SSSR count). The van der Waals surface area contributed by atoms with E-state index in [1.807, 2.05) is 0 Å². The largest absolute Gasteiger partial charge is 0.396 e. The van der Waals surface area contributed by atoms with Crippen LogP contribution in [-0.2, 0) is 0 Å². The highest BCUT2D eigenvalue weighted by Crippen LogP contribution is 1.99. The summed E-state index contributed by atoms with van der Waals surface area (Å²) in [6, 6.07) is 0. The van der Waals surface area contributed by atoms with Gasteiger partial charge in [0, 0.05) is 0 Å². The molecule has 0 aliphatic rings. The maximum atomic E-state index is 10.1. The van der Waals surface area contributed by atoms with Gasteiger partial charge in [-0.2, -0.15) is 0 Å². The van der Waals surface area contributed by atoms with E-state index in [1.165, 1.54) is 12.5 Å². The SMILES string of the molecule is Nc1cncnc1C=O. The van der Waals surface area contributed by atoms with Crippen molar-refractivity contribution in [3.05, 3.63) is 18.2 Å². The van der Waals surface area contributed by atoms with E-state index in [-0.39, 0.29) is 5.69 Å². The van der Waals surface area contributed by atoms with Crippen LogP contribution in [0.1, 0.15) is 10.5 Å². The van der Waals surface area contributed by atoms with Gasteiger partial charge in [-0.1, -0.05) is 0 Å². The van der Waals surface area contributed by atoms with E-state index in [0.717, 1.165) is 0 Å². The van der Waals surface area contributed by atoms with Gasteiger partial charge in [0.25, 0.3) is 0 Å². The van der Waals surface area contributed by atoms with Crippen molar-refractivity contribution in [1.82, 2.24) is 9.97 Å². The lowest BCUT2D eigenvalue weighted by Crippen LogP contribution is -1.96. The quantitative estimate of drug-likeness (QED) is 0.528. The molecule has 0 saturated heterocycles. The summed E-state index contributed by atoms with van der Waals surface area (Å²) in [5.41, 5.74) is 5.83. The maximum absolute atomic E-state index is 10.1. The molecule has 2 N–H and O–H groups in total. The Bertz CT molecular complexity index is 223. The molecule has 1 heterocycles. The minimum Gasteiger partial charge on any atom is -0.396 e. The number of rotatable bonds is 1. The fourth-order valence-corrected chi connectivity index (χ4v) is 0.448. The topological polar surface area (TPSA) is 68.9 Å². The number of hydrogen-bond donors (Lipinski definition) is 1. The van der Waals surface area contributed by atoms with Gasteiger partial charge in [0.2, 0.25) is 0 Å². The molecule has 0 radical (unpaired) electrons. The van der Waals surface area contributed by atoms with Crippen LogP contribution in [0.25, 0.3) is 0 Å². The Balaban J connectivity index is 3.15. The monoisotopic (exact) mass is 123 g/mol. The molecular weight excluding hydrogens is 118 g/mol. The predicted molar refractivity (Wildman–Crippen MR) is 31.8 cm³/mol. The molecule has 0 atom stereocenters. The second-order valence-corrected chi connectivity index (χ2v) is 1.48. The molecule has 4 nitrogen and oxygen atoms in total. The van der Waals surface area contributed by atoms with Gasteiger partial charge in [-0.25, -0.2) is 9.97 Å². The first-order valence-electron chi connectivity index (χ1n) is 2.35. The van der Waals surface area contributed by atoms with Crippen molar-refractivity contribution in [3.63, 3.8) is 0 Å². The van der Waals surface area contributed by atoms with E-state index in [9.17, 15) is 4.79 Å². The molecule has 0 fully saturated rings. The summed E-state index contributed by atoms with van der Waals surface area (Å²) < 4.78 is 0. The highest BCUT2D eigenvalue weighted by atomic mass is 16.1. The van der Waals surface area contributed by atoms with E-state index in [2.05, 4.69) is 9.97 Å². The summed E-state index contributed by atoms with van der Waals surface area (Å²) in [6.07, 6.45) is 3.26. The molecule has 0 amide bonds. The number of hydrogen-bond acceptors (Lipinski definition) is 4. The van der Waals surface area contributed by atoms with Gasteiger partial charge < -0.3 is 5.73 Å². The summed E-state index contributed by atoms with van der Waals surface area (Å²) in [5, 5.41) is 0. The number of aromatic nitrogens is 2. The second-order valence-electron chi connectivity index (χ2n) is 1.48. The lowest BCUT2D eigenvalue weighted by Gasteiger charge is -1.90. The molecule has 0 aliphatic heterocycles. The normalized spacial score (nSPS) is 8.89. The first-order valence-corrected chi connectivity index (χ1v) is 2.35. The van der Waals surface area contributed by atoms with Gasteiger partial charge in [0.1, 0.15) is 12.0 Å². The molecule has 0 bridgehead atoms. The van der Waals surface area contributed by atoms with Crippen molar-refractivity contribution < 1.29 is 4.79 Å². The standard InChI is InChI=1S/C5H5N3O/c6-4-1-7-3-8-5(4)2-9/h1-3H,6H2. The Morgan fingerprint density at radius 2 is 2.44 bits per heavy atom. The molecule has 1 aromatic heterocycles. The number of nitrogens with zero attached hydrogens (tertiary/aromatic N) is 2. The molecule has 0 aliphatic carbocycles. The number of carbonyl (C=O) groups excluding carboxylic acids is 1. The Morgan fingerprint density at radius 1 is 1.67 bits per heavy atom. The van der Waals surface area contributed by atoms with Crippen LogP contribution in [-0.4, -0.2) is 16.3 Å². The van der Waals surface area contributed by atoms with Crippen molar-refractivity contribution in [2.24, 2.45) is 0 Å². The van der Waals surface area contributed by atoms with Crippen LogP contribution in [0.3, 0.4) is 0 Å². The van der Waals surface area contributed by atoms with Crippen LogP contribution in [0.15, 0.2) is 12.5 Å². The van der Waals surface area contributed by atoms with Crippen LogP contribution in [0, 0.1) is 0 Å². The highest BCUT2D eigenvalue weighted by Gasteiger charge is 1.93. The fraction of sp³-hybridized carbons (Fsp3) is 0. The Morgan fingerprint density at radius 3 is 2.89 bits per heavy atom. The van der Waals surface area contributed by atoms with E-state index >= 15 is 0 Å². The number of aldehydes is 1. The number of nitrogen functional groups attached to an aromatic ring is 1. The van der Waals surface area contributed by atoms with Gasteiger partial charge in [-0.15, -0.1) is 0 Å². The number of nitrogens with two attached hydrogens (primary N) is 1. The van der Waals surface area contributed by atoms with Crippen molar-refractivity contribution in [2.45, 2.75) is 0 Å². The van der Waals surface area contributed by atoms with Gasteiger partial charge >= 0.3 is 0 Å². The van der Waals surface area contributed by atoms with Gasteiger partial charge in [0.15, 0.2) is 6.29 Å². The molecule has 4 heteroatoms. The molecule has 0 aromatic carbocycles. The first-order chi connectivity index (χ1) is 4.34. The third-order valence-corrected chi connectivity index (χ3v) is 0.885. The van der Waals surface area contributed by atoms with E-state index in [0.29, 0.717) is 12.0 Å². The minimum absolute atomic E-state index is 0.241. The predicted octanol–water partition coefficient (Wildman–Crippen LogP) is -0.129. The van der Waals surface area contributed by atoms with E-state index < -0.39 is 0 Å². The molecule has 9 heavy (non-hydrogen) atoms. The Kier molecular flexibility index (Phi) is 1.40. The zero-order valence-corrected chi connectivity index (χ0v) is 4.61. The third kappa shape index (κ3) is 1.02. The smallest absolute Gasteiger partial charge is 0.170 e. The lowest BCUT2D eigenvalue weighted by molar-refractivity contribution is 0.112. The number of anilines is 1. The van der Waals surface area contributed by atoms with E-state index in [1.54, 1.807) is 0 Å². The fourth-order valence-electron chi connectivity index (χ4n) is 0.448. The zero-order chi connectivity index (χ0) is 6.69. The van der Waals surface area contributed by atoms with Crippen LogP contribution < -0.4 is 5.73 Å². The lowest BCUT2D eigenvalue weighted by atomic mass is 10.4. The highest BCUT2D eigenvalue weighted by molar-refractivity contribution is 5.79. The average molecular weight is 123 g/mol. The van der Waals surface area contributed by atoms with Crippen LogP contribution in [0.4, 0.5) is 5.69 Å². The van der Waals surface area contributed by atoms with E-state index in [4.69, 9.17) is 5.73 Å². The van der Waals surface area contributed by atoms with Crippen molar-refractivity contribution in [2.75, 3.05) is 5.73 Å². The summed E-state index contributed by atoms with van der Waals surface area (Å²) >= 11 is 0. The summed E-state index contributed by atoms with van der Waals surface area (Å²) in [4.78, 5) is 17.2. The molecule has 0 saturated carbocycles. The molecule has 46 valence electrons. The Labute approximate surface area is 51.7 Å². The van der Waals surface area contributed by atoms with Gasteiger partial charge in [0.05, 0.1) is 11.9 Å². The van der Waals surface area contributed by atoms with Crippen LogP contribution in [0.5, 0.6) is 0 Å². The van der Waals surface area contributed by atoms with Crippen molar-refractivity contribution >= 4 is 12.0 Å². The molecule has 0 unspecified atom stereocenters. The summed E-state index contributed by atoms with van der Waals surface area (Å²) in [6.45, 7) is 0. The second kappa shape index (κ2) is 2.21. The molecule has 1 aromatic rings. The third-order valence-electron chi connectivity index (χ3n) is 0.885. The maximum Gasteiger partial charge on any atom is 0.170 e. The first kappa shape index (κ1) is 5.68.